The van der Waals surface area contributed by atoms with E-state index >= 15 is 0 Å². The molecule has 0 aromatic heterocycles. The van der Waals surface area contributed by atoms with Gasteiger partial charge < -0.3 is 21.7 Å². The number of carbonyl (C=O) groups is 2. The first-order valence-corrected chi connectivity index (χ1v) is 9.68. The van der Waals surface area contributed by atoms with Crippen molar-refractivity contribution in [1.82, 2.24) is 16.0 Å². The number of anilines is 1. The molecular weight excluding hydrogens is 358 g/mol. The fraction of sp³-hybridized carbons (Fsp3) is 0.250. The maximum Gasteiger partial charge on any atom is 0.323 e. The summed E-state index contributed by atoms with van der Waals surface area (Å²) in [6, 6.07) is 5.94. The number of nitrogens with one attached hydrogen (secondary N) is 3. The average Bonchev–Trinajstić information content (AvgIpc) is 2.57. The van der Waals surface area contributed by atoms with Gasteiger partial charge in [0.05, 0.1) is 29.4 Å². The van der Waals surface area contributed by atoms with Gasteiger partial charge in [-0.15, -0.1) is 0 Å². The van der Waals surface area contributed by atoms with Gasteiger partial charge in [-0.2, -0.15) is 0 Å². The van der Waals surface area contributed by atoms with E-state index in [9.17, 15) is 18.0 Å². The van der Waals surface area contributed by atoms with Crippen molar-refractivity contribution in [3.8, 4) is 0 Å². The molecule has 5 N–H and O–H groups in total. The lowest BCUT2D eigenvalue weighted by Gasteiger charge is -2.34. The fourth-order valence-corrected chi connectivity index (χ4v) is 3.96. The molecule has 26 heavy (non-hydrogen) atoms. The number of fused-ring (bicyclic) bond motifs is 1. The van der Waals surface area contributed by atoms with Crippen LogP contribution in [0.25, 0.3) is 0 Å². The van der Waals surface area contributed by atoms with Gasteiger partial charge in [0, 0.05) is 6.54 Å². The Balaban J connectivity index is 1.89. The number of para-hydroxylation sites is 1. The van der Waals surface area contributed by atoms with E-state index in [0.717, 1.165) is 6.26 Å². The molecule has 0 saturated carbocycles. The van der Waals surface area contributed by atoms with Crippen molar-refractivity contribution < 1.29 is 18.0 Å². The number of benzene rings is 1. The van der Waals surface area contributed by atoms with E-state index in [1.807, 2.05) is 0 Å². The summed E-state index contributed by atoms with van der Waals surface area (Å²) >= 11 is 0. The van der Waals surface area contributed by atoms with Gasteiger partial charge in [-0.3, -0.25) is 9.10 Å². The molecule has 3 rings (SSSR count). The first-order valence-electron chi connectivity index (χ1n) is 7.83. The van der Waals surface area contributed by atoms with E-state index in [0.29, 0.717) is 17.7 Å². The molecule has 9 nitrogen and oxygen atoms in total. The zero-order chi connectivity index (χ0) is 19.1. The molecule has 2 heterocycles. The second-order valence-corrected chi connectivity index (χ2v) is 7.96. The third-order valence-electron chi connectivity index (χ3n) is 4.23. The molecular formula is C16H19N5O4S. The number of hydrogen-bond donors (Lipinski definition) is 4. The second kappa shape index (κ2) is 6.37. The Morgan fingerprint density at radius 3 is 2.73 bits per heavy atom. The Morgan fingerprint density at radius 2 is 2.04 bits per heavy atom. The van der Waals surface area contributed by atoms with E-state index < -0.39 is 28.0 Å². The number of sulfonamides is 1. The number of hydrogen-bond acceptors (Lipinski definition) is 5. The van der Waals surface area contributed by atoms with Gasteiger partial charge in [-0.05, 0) is 18.1 Å². The quantitative estimate of drug-likeness (QED) is 0.589. The molecule has 0 bridgehead atoms. The van der Waals surface area contributed by atoms with Gasteiger partial charge in [0.2, 0.25) is 10.0 Å². The molecule has 0 aliphatic carbocycles. The Bertz CT molecular complexity index is 938. The van der Waals surface area contributed by atoms with Crippen molar-refractivity contribution in [3.63, 3.8) is 0 Å². The Kier molecular flexibility index (Phi) is 4.36. The van der Waals surface area contributed by atoms with Crippen LogP contribution in [0.5, 0.6) is 0 Å². The average molecular weight is 377 g/mol. The fourth-order valence-electron chi connectivity index (χ4n) is 3.00. The molecule has 10 heteroatoms. The Labute approximate surface area is 151 Å². The van der Waals surface area contributed by atoms with E-state index in [2.05, 4.69) is 22.5 Å². The molecule has 2 aliphatic heterocycles. The molecule has 1 aromatic rings. The van der Waals surface area contributed by atoms with Crippen molar-refractivity contribution >= 4 is 27.6 Å². The first-order chi connectivity index (χ1) is 12.2. The third-order valence-corrected chi connectivity index (χ3v) is 5.41. The topological polar surface area (TPSA) is 134 Å². The van der Waals surface area contributed by atoms with Crippen molar-refractivity contribution in [3.05, 3.63) is 53.5 Å². The SMILES string of the molecule is C=C1NC(=O)NC(C(=O)NC2CCN(S(C)(=O)=O)c3ccccc32)=C1N. The van der Waals surface area contributed by atoms with Gasteiger partial charge in [-0.25, -0.2) is 13.2 Å². The minimum absolute atomic E-state index is 0.0453. The minimum Gasteiger partial charge on any atom is -0.395 e. The van der Waals surface area contributed by atoms with Crippen LogP contribution in [0.3, 0.4) is 0 Å². The minimum atomic E-state index is -3.42. The lowest BCUT2D eigenvalue weighted by molar-refractivity contribution is -0.118. The van der Waals surface area contributed by atoms with Crippen LogP contribution >= 0.6 is 0 Å². The van der Waals surface area contributed by atoms with Crippen molar-refractivity contribution in [2.24, 2.45) is 5.73 Å². The molecule has 1 atom stereocenters. The summed E-state index contributed by atoms with van der Waals surface area (Å²) in [6.07, 6.45) is 1.53. The molecule has 3 amide bonds. The summed E-state index contributed by atoms with van der Waals surface area (Å²) < 4.78 is 25.3. The van der Waals surface area contributed by atoms with Crippen LogP contribution in [0, 0.1) is 0 Å². The van der Waals surface area contributed by atoms with Gasteiger partial charge in [0.25, 0.3) is 5.91 Å². The van der Waals surface area contributed by atoms with Crippen molar-refractivity contribution in [2.75, 3.05) is 17.1 Å². The van der Waals surface area contributed by atoms with Crippen LogP contribution in [0.1, 0.15) is 18.0 Å². The zero-order valence-electron chi connectivity index (χ0n) is 14.1. The van der Waals surface area contributed by atoms with Gasteiger partial charge >= 0.3 is 6.03 Å². The lowest BCUT2D eigenvalue weighted by Crippen LogP contribution is -2.48. The summed E-state index contributed by atoms with van der Waals surface area (Å²) in [5.74, 6) is -0.564. The molecule has 0 saturated heterocycles. The highest BCUT2D eigenvalue weighted by molar-refractivity contribution is 7.92. The number of carbonyl (C=O) groups excluding carboxylic acids is 2. The monoisotopic (exact) mass is 377 g/mol. The second-order valence-electron chi connectivity index (χ2n) is 6.06. The van der Waals surface area contributed by atoms with Crippen molar-refractivity contribution in [2.45, 2.75) is 12.5 Å². The van der Waals surface area contributed by atoms with Crippen LogP contribution in [0.4, 0.5) is 10.5 Å². The highest BCUT2D eigenvalue weighted by Gasteiger charge is 2.32. The smallest absolute Gasteiger partial charge is 0.323 e. The van der Waals surface area contributed by atoms with Crippen LogP contribution in [0.2, 0.25) is 0 Å². The van der Waals surface area contributed by atoms with Crippen LogP contribution in [-0.4, -0.2) is 33.2 Å². The summed E-state index contributed by atoms with van der Waals surface area (Å²) in [5.41, 5.74) is 7.12. The normalized spacial score (nSPS) is 20.2. The predicted octanol–water partition coefficient (Wildman–Crippen LogP) is 0.0104. The third kappa shape index (κ3) is 3.23. The van der Waals surface area contributed by atoms with Crippen LogP contribution < -0.4 is 26.0 Å². The van der Waals surface area contributed by atoms with Crippen molar-refractivity contribution in [1.29, 1.82) is 0 Å². The van der Waals surface area contributed by atoms with Gasteiger partial charge in [0.1, 0.15) is 5.70 Å². The summed E-state index contributed by atoms with van der Waals surface area (Å²) in [7, 11) is -3.42. The number of nitrogens with zero attached hydrogens (tertiary/aromatic N) is 1. The lowest BCUT2D eigenvalue weighted by atomic mass is 9.97. The summed E-state index contributed by atoms with van der Waals surface area (Å²) in [5, 5.41) is 7.55. The summed E-state index contributed by atoms with van der Waals surface area (Å²) in [4.78, 5) is 24.1. The molecule has 1 unspecified atom stereocenters. The molecule has 0 radical (unpaired) electrons. The molecule has 0 spiro atoms. The van der Waals surface area contributed by atoms with E-state index in [-0.39, 0.29) is 23.6 Å². The summed E-state index contributed by atoms with van der Waals surface area (Å²) in [6.45, 7) is 3.82. The van der Waals surface area contributed by atoms with Gasteiger partial charge in [-0.1, -0.05) is 24.8 Å². The van der Waals surface area contributed by atoms with E-state index in [1.54, 1.807) is 24.3 Å². The number of amides is 3. The highest BCUT2D eigenvalue weighted by Crippen LogP contribution is 2.35. The largest absolute Gasteiger partial charge is 0.395 e. The number of nitrogens with two attached hydrogens (primary N) is 1. The maximum atomic E-state index is 12.6. The number of rotatable bonds is 3. The van der Waals surface area contributed by atoms with Crippen LogP contribution in [0.15, 0.2) is 47.9 Å². The van der Waals surface area contributed by atoms with Gasteiger partial charge in [0.15, 0.2) is 0 Å². The molecule has 1 aromatic carbocycles. The zero-order valence-corrected chi connectivity index (χ0v) is 14.9. The molecule has 2 aliphatic rings. The standard InChI is InChI=1S/C16H19N5O4S/c1-9-13(17)14(20-16(23)18-9)15(22)19-11-7-8-21(26(2,24)25)12-6-4-3-5-10(11)12/h3-6,11H,1,7-8,17H2,2H3,(H,19,22)(H2,18,20,23). The first kappa shape index (κ1) is 17.8. The maximum absolute atomic E-state index is 12.6. The highest BCUT2D eigenvalue weighted by atomic mass is 32.2. The van der Waals surface area contributed by atoms with E-state index in [4.69, 9.17) is 5.73 Å². The van der Waals surface area contributed by atoms with E-state index in [1.165, 1.54) is 4.31 Å². The number of urea groups is 1. The Hall–Kier alpha value is -3.01. The van der Waals surface area contributed by atoms with Crippen LogP contribution in [-0.2, 0) is 14.8 Å². The Morgan fingerprint density at radius 1 is 1.35 bits per heavy atom. The predicted molar refractivity (Wildman–Crippen MR) is 96.2 cm³/mol. The molecule has 138 valence electrons. The molecule has 0 fully saturated rings.